The van der Waals surface area contributed by atoms with Crippen LogP contribution in [0.4, 0.5) is 0 Å². The number of halogens is 1. The zero-order valence-corrected chi connectivity index (χ0v) is 16.1. The van der Waals surface area contributed by atoms with E-state index in [1.54, 1.807) is 11.9 Å². The van der Waals surface area contributed by atoms with Gasteiger partial charge < -0.3 is 16.0 Å². The normalized spacial score (nSPS) is 12.1. The molecule has 0 fully saturated rings. The van der Waals surface area contributed by atoms with Crippen LogP contribution in [-0.2, 0) is 9.59 Å². The largest absolute Gasteiger partial charge is 0.349 e. The van der Waals surface area contributed by atoms with Crippen LogP contribution in [0.5, 0.6) is 0 Å². The van der Waals surface area contributed by atoms with Gasteiger partial charge in [-0.2, -0.15) is 0 Å². The number of benzene rings is 1. The van der Waals surface area contributed by atoms with E-state index < -0.39 is 0 Å². The highest BCUT2D eigenvalue weighted by Gasteiger charge is 2.24. The van der Waals surface area contributed by atoms with Crippen LogP contribution < -0.4 is 11.1 Å². The summed E-state index contributed by atoms with van der Waals surface area (Å²) >= 11 is 0. The molecule has 2 amide bonds. The van der Waals surface area contributed by atoms with Gasteiger partial charge in [0.15, 0.2) is 0 Å². The molecule has 136 valence electrons. The fraction of sp³-hybridized carbons (Fsp3) is 0.556. The monoisotopic (exact) mass is 355 g/mol. The lowest BCUT2D eigenvalue weighted by atomic mass is 9.93. The highest BCUT2D eigenvalue weighted by molar-refractivity contribution is 5.85. The molecule has 0 radical (unpaired) electrons. The summed E-state index contributed by atoms with van der Waals surface area (Å²) in [5.74, 6) is -0.154. The number of hydrogen-bond donors (Lipinski definition) is 2. The number of carbonyl (C=O) groups excluding carboxylic acids is 2. The Kier molecular flexibility index (Phi) is 9.01. The Morgan fingerprint density at radius 1 is 1.25 bits per heavy atom. The molecular formula is C18H30ClN3O2. The van der Waals surface area contributed by atoms with E-state index in [1.807, 2.05) is 45.0 Å². The number of nitrogens with one attached hydrogen (secondary N) is 1. The van der Waals surface area contributed by atoms with E-state index in [0.29, 0.717) is 13.1 Å². The fourth-order valence-electron chi connectivity index (χ4n) is 2.42. The third-order valence-electron chi connectivity index (χ3n) is 3.88. The highest BCUT2D eigenvalue weighted by atomic mass is 35.5. The molecule has 1 rings (SSSR count). The van der Waals surface area contributed by atoms with Crippen molar-refractivity contribution in [2.45, 2.75) is 40.2 Å². The Morgan fingerprint density at radius 2 is 1.79 bits per heavy atom. The predicted molar refractivity (Wildman–Crippen MR) is 100 cm³/mol. The minimum Gasteiger partial charge on any atom is -0.349 e. The average molecular weight is 356 g/mol. The molecule has 1 atom stereocenters. The van der Waals surface area contributed by atoms with Crippen LogP contribution in [0.15, 0.2) is 24.3 Å². The standard InChI is InChI=1S/C18H29N3O2.ClH/c1-13-6-8-15(9-7-13)16(20-14(2)22)10-17(23)21(5)12-18(3,4)11-19;/h6-9,16H,10-12,19H2,1-5H3,(H,20,22);1H. The SMILES string of the molecule is CC(=O)NC(CC(=O)N(C)CC(C)(C)CN)c1ccc(C)cc1.Cl. The molecule has 0 aliphatic rings. The third-order valence-corrected chi connectivity index (χ3v) is 3.88. The maximum Gasteiger partial charge on any atom is 0.224 e. The molecule has 6 heteroatoms. The molecule has 0 heterocycles. The van der Waals surface area contributed by atoms with Crippen LogP contribution in [0.2, 0.25) is 0 Å². The lowest BCUT2D eigenvalue weighted by Crippen LogP contribution is -2.41. The molecule has 0 aromatic heterocycles. The fourth-order valence-corrected chi connectivity index (χ4v) is 2.42. The van der Waals surface area contributed by atoms with Gasteiger partial charge in [0.25, 0.3) is 0 Å². The summed E-state index contributed by atoms with van der Waals surface area (Å²) in [6.07, 6.45) is 0.236. The molecule has 0 bridgehead atoms. The second kappa shape index (κ2) is 9.64. The van der Waals surface area contributed by atoms with Crippen LogP contribution in [0, 0.1) is 12.3 Å². The average Bonchev–Trinajstić information content (AvgIpc) is 2.46. The molecule has 0 aliphatic carbocycles. The van der Waals surface area contributed by atoms with Gasteiger partial charge in [0.2, 0.25) is 11.8 Å². The summed E-state index contributed by atoms with van der Waals surface area (Å²) in [4.78, 5) is 25.7. The second-order valence-corrected chi connectivity index (χ2v) is 6.99. The van der Waals surface area contributed by atoms with Crippen LogP contribution >= 0.6 is 12.4 Å². The first-order valence-electron chi connectivity index (χ1n) is 7.92. The van der Waals surface area contributed by atoms with Gasteiger partial charge >= 0.3 is 0 Å². The minimum atomic E-state index is -0.316. The molecule has 1 aromatic rings. The summed E-state index contributed by atoms with van der Waals surface area (Å²) in [6.45, 7) is 8.63. The number of hydrogen-bond acceptors (Lipinski definition) is 3. The van der Waals surface area contributed by atoms with E-state index in [-0.39, 0.29) is 42.1 Å². The van der Waals surface area contributed by atoms with E-state index >= 15 is 0 Å². The zero-order chi connectivity index (χ0) is 17.6. The van der Waals surface area contributed by atoms with E-state index in [0.717, 1.165) is 11.1 Å². The number of nitrogens with zero attached hydrogens (tertiary/aromatic N) is 1. The van der Waals surface area contributed by atoms with Crippen molar-refractivity contribution in [3.8, 4) is 0 Å². The topological polar surface area (TPSA) is 75.4 Å². The van der Waals surface area contributed by atoms with Crippen molar-refractivity contribution in [3.05, 3.63) is 35.4 Å². The van der Waals surface area contributed by atoms with Gasteiger partial charge in [-0.05, 0) is 24.4 Å². The Bertz CT molecular complexity index is 544. The molecule has 0 aliphatic heterocycles. The third kappa shape index (κ3) is 7.32. The lowest BCUT2D eigenvalue weighted by Gasteiger charge is -2.30. The molecule has 24 heavy (non-hydrogen) atoms. The van der Waals surface area contributed by atoms with Crippen LogP contribution in [0.3, 0.4) is 0 Å². The number of nitrogens with two attached hydrogens (primary N) is 1. The van der Waals surface area contributed by atoms with E-state index in [4.69, 9.17) is 5.73 Å². The van der Waals surface area contributed by atoms with Crippen molar-refractivity contribution in [1.29, 1.82) is 0 Å². The molecule has 3 N–H and O–H groups in total. The van der Waals surface area contributed by atoms with Crippen LogP contribution in [0.1, 0.15) is 44.4 Å². The Hall–Kier alpha value is -1.59. The van der Waals surface area contributed by atoms with Gasteiger partial charge in [-0.1, -0.05) is 43.7 Å². The molecule has 0 spiro atoms. The van der Waals surface area contributed by atoms with Crippen molar-refractivity contribution in [2.24, 2.45) is 11.1 Å². The molecule has 0 saturated carbocycles. The van der Waals surface area contributed by atoms with E-state index in [9.17, 15) is 9.59 Å². The number of rotatable bonds is 7. The van der Waals surface area contributed by atoms with Crippen LogP contribution in [0.25, 0.3) is 0 Å². The van der Waals surface area contributed by atoms with Gasteiger partial charge in [-0.25, -0.2) is 0 Å². The maximum atomic E-state index is 12.5. The zero-order valence-electron chi connectivity index (χ0n) is 15.3. The first kappa shape index (κ1) is 22.4. The summed E-state index contributed by atoms with van der Waals surface area (Å²) in [6, 6.07) is 7.55. The minimum absolute atomic E-state index is 0. The van der Waals surface area contributed by atoms with Gasteiger partial charge in [0.1, 0.15) is 0 Å². The smallest absolute Gasteiger partial charge is 0.224 e. The maximum absolute atomic E-state index is 12.5. The number of amides is 2. The summed E-state index contributed by atoms with van der Waals surface area (Å²) in [7, 11) is 1.78. The molecule has 5 nitrogen and oxygen atoms in total. The molecular weight excluding hydrogens is 326 g/mol. The summed E-state index contributed by atoms with van der Waals surface area (Å²) in [5, 5.41) is 2.87. The second-order valence-electron chi connectivity index (χ2n) is 6.99. The summed E-state index contributed by atoms with van der Waals surface area (Å²) in [5.41, 5.74) is 7.68. The van der Waals surface area contributed by atoms with Gasteiger partial charge in [-0.15, -0.1) is 12.4 Å². The predicted octanol–water partition coefficient (Wildman–Crippen LogP) is 2.43. The van der Waals surface area contributed by atoms with E-state index in [1.165, 1.54) is 6.92 Å². The van der Waals surface area contributed by atoms with Crippen molar-refractivity contribution in [2.75, 3.05) is 20.1 Å². The quantitative estimate of drug-likeness (QED) is 0.788. The van der Waals surface area contributed by atoms with Crippen molar-refractivity contribution in [1.82, 2.24) is 10.2 Å². The van der Waals surface area contributed by atoms with Crippen LogP contribution in [-0.4, -0.2) is 36.9 Å². The van der Waals surface area contributed by atoms with E-state index in [2.05, 4.69) is 5.32 Å². The Morgan fingerprint density at radius 3 is 2.25 bits per heavy atom. The first-order valence-corrected chi connectivity index (χ1v) is 7.92. The summed E-state index contributed by atoms with van der Waals surface area (Å²) < 4.78 is 0. The lowest BCUT2D eigenvalue weighted by molar-refractivity contribution is -0.132. The van der Waals surface area contributed by atoms with Crippen molar-refractivity contribution < 1.29 is 9.59 Å². The number of carbonyl (C=O) groups is 2. The Labute approximate surface area is 151 Å². The van der Waals surface area contributed by atoms with Gasteiger partial charge in [0, 0.05) is 20.5 Å². The molecule has 1 unspecified atom stereocenters. The molecule has 1 aromatic carbocycles. The van der Waals surface area contributed by atoms with Crippen molar-refractivity contribution >= 4 is 24.2 Å². The highest BCUT2D eigenvalue weighted by Crippen LogP contribution is 2.20. The van der Waals surface area contributed by atoms with Gasteiger partial charge in [0.05, 0.1) is 12.5 Å². The molecule has 0 saturated heterocycles. The Balaban J connectivity index is 0.00000529. The first-order chi connectivity index (χ1) is 10.6. The number of aryl methyl sites for hydroxylation is 1. The van der Waals surface area contributed by atoms with Crippen molar-refractivity contribution in [3.63, 3.8) is 0 Å². The van der Waals surface area contributed by atoms with Gasteiger partial charge in [-0.3, -0.25) is 9.59 Å².